The van der Waals surface area contributed by atoms with Gasteiger partial charge in [-0.3, -0.25) is 4.90 Å². The number of nitrogens with zero attached hydrogens (tertiary/aromatic N) is 1. The molecule has 1 aliphatic rings. The third-order valence-electron chi connectivity index (χ3n) is 2.45. The average Bonchev–Trinajstić information content (AvgIpc) is 2.27. The first kappa shape index (κ1) is 13.0. The van der Waals surface area contributed by atoms with Gasteiger partial charge in [-0.1, -0.05) is 27.7 Å². The molecule has 0 N–H and O–H groups in total. The van der Waals surface area contributed by atoms with Crippen LogP contribution in [0.4, 0.5) is 0 Å². The first-order valence-electron chi connectivity index (χ1n) is 5.65. The van der Waals surface area contributed by atoms with Crippen molar-refractivity contribution < 1.29 is 0 Å². The van der Waals surface area contributed by atoms with E-state index in [0.717, 1.165) is 5.92 Å². The molecule has 0 aromatic heterocycles. The lowest BCUT2D eigenvalue weighted by atomic mass is 10.0. The number of likely N-dealkylation sites (tertiary alicyclic amines) is 1. The van der Waals surface area contributed by atoms with Crippen LogP contribution in [0.15, 0.2) is 0 Å². The van der Waals surface area contributed by atoms with Gasteiger partial charge in [0.1, 0.15) is 0 Å². The van der Waals surface area contributed by atoms with Crippen LogP contribution in [-0.2, 0) is 0 Å². The molecule has 0 unspecified atom stereocenters. The van der Waals surface area contributed by atoms with Gasteiger partial charge in [-0.25, -0.2) is 0 Å². The SMILES string of the molecule is CC(C)C.CCN1CCCC1(C)C. The van der Waals surface area contributed by atoms with Gasteiger partial charge in [0.15, 0.2) is 0 Å². The molecule has 0 aliphatic carbocycles. The van der Waals surface area contributed by atoms with Gasteiger partial charge in [0.05, 0.1) is 0 Å². The fourth-order valence-corrected chi connectivity index (χ4v) is 1.75. The van der Waals surface area contributed by atoms with Gasteiger partial charge in [0.2, 0.25) is 0 Å². The summed E-state index contributed by atoms with van der Waals surface area (Å²) in [5.41, 5.74) is 0.495. The molecule has 13 heavy (non-hydrogen) atoms. The Kier molecular flexibility index (Phi) is 5.62. The summed E-state index contributed by atoms with van der Waals surface area (Å²) in [6, 6.07) is 0. The summed E-state index contributed by atoms with van der Waals surface area (Å²) < 4.78 is 0. The number of hydrogen-bond acceptors (Lipinski definition) is 1. The molecule has 1 nitrogen and oxygen atoms in total. The molecule has 1 fully saturated rings. The monoisotopic (exact) mass is 185 g/mol. The van der Waals surface area contributed by atoms with Crippen molar-refractivity contribution in [3.63, 3.8) is 0 Å². The summed E-state index contributed by atoms with van der Waals surface area (Å²) in [6.45, 7) is 15.9. The normalized spacial score (nSPS) is 21.5. The molecule has 0 saturated carbocycles. The Balaban J connectivity index is 0.000000310. The molecule has 1 saturated heterocycles. The Morgan fingerprint density at radius 1 is 1.23 bits per heavy atom. The molecule has 1 aliphatic heterocycles. The molecule has 0 spiro atoms. The Morgan fingerprint density at radius 3 is 1.85 bits per heavy atom. The van der Waals surface area contributed by atoms with Crippen molar-refractivity contribution >= 4 is 0 Å². The van der Waals surface area contributed by atoms with E-state index in [1.54, 1.807) is 0 Å². The van der Waals surface area contributed by atoms with Crippen LogP contribution < -0.4 is 0 Å². The standard InChI is InChI=1S/C8H17N.C4H10/c1-4-9-7-5-6-8(9,2)3;1-4(2)3/h4-7H2,1-3H3;4H,1-3H3. The third kappa shape index (κ3) is 5.30. The first-order valence-corrected chi connectivity index (χ1v) is 5.65. The topological polar surface area (TPSA) is 3.24 Å². The predicted octanol–water partition coefficient (Wildman–Crippen LogP) is 3.54. The Hall–Kier alpha value is -0.0400. The molecule has 80 valence electrons. The largest absolute Gasteiger partial charge is 0.298 e. The molecular weight excluding hydrogens is 158 g/mol. The minimum absolute atomic E-state index is 0.495. The fourth-order valence-electron chi connectivity index (χ4n) is 1.75. The van der Waals surface area contributed by atoms with E-state index in [9.17, 15) is 0 Å². The second-order valence-electron chi connectivity index (χ2n) is 5.23. The van der Waals surface area contributed by atoms with Crippen LogP contribution in [0, 0.1) is 5.92 Å². The zero-order chi connectivity index (χ0) is 10.5. The zero-order valence-corrected chi connectivity index (χ0v) is 10.4. The van der Waals surface area contributed by atoms with E-state index >= 15 is 0 Å². The van der Waals surface area contributed by atoms with Crippen LogP contribution in [0.25, 0.3) is 0 Å². The van der Waals surface area contributed by atoms with Crippen molar-refractivity contribution in [3.05, 3.63) is 0 Å². The molecule has 0 aromatic rings. The lowest BCUT2D eigenvalue weighted by molar-refractivity contribution is 0.185. The summed E-state index contributed by atoms with van der Waals surface area (Å²) in [7, 11) is 0. The van der Waals surface area contributed by atoms with Gasteiger partial charge >= 0.3 is 0 Å². The van der Waals surface area contributed by atoms with Gasteiger partial charge in [0.25, 0.3) is 0 Å². The van der Waals surface area contributed by atoms with E-state index in [1.807, 2.05) is 0 Å². The van der Waals surface area contributed by atoms with Crippen LogP contribution in [-0.4, -0.2) is 23.5 Å². The first-order chi connectivity index (χ1) is 5.90. The van der Waals surface area contributed by atoms with Crippen molar-refractivity contribution in [3.8, 4) is 0 Å². The molecule has 0 atom stereocenters. The van der Waals surface area contributed by atoms with E-state index < -0.39 is 0 Å². The Morgan fingerprint density at radius 2 is 1.69 bits per heavy atom. The summed E-state index contributed by atoms with van der Waals surface area (Å²) in [5.74, 6) is 0.833. The highest BCUT2D eigenvalue weighted by molar-refractivity contribution is 4.86. The number of rotatable bonds is 1. The van der Waals surface area contributed by atoms with E-state index in [1.165, 1.54) is 25.9 Å². The smallest absolute Gasteiger partial charge is 0.0153 e. The van der Waals surface area contributed by atoms with Crippen molar-refractivity contribution in [2.45, 2.75) is 59.9 Å². The molecule has 1 heteroatoms. The summed E-state index contributed by atoms with van der Waals surface area (Å²) in [4.78, 5) is 2.55. The van der Waals surface area contributed by atoms with Crippen LogP contribution in [0.5, 0.6) is 0 Å². The maximum atomic E-state index is 2.55. The predicted molar refractivity (Wildman–Crippen MR) is 61.1 cm³/mol. The van der Waals surface area contributed by atoms with Crippen LogP contribution in [0.1, 0.15) is 54.4 Å². The van der Waals surface area contributed by atoms with Gasteiger partial charge in [-0.05, 0) is 45.7 Å². The fraction of sp³-hybridized carbons (Fsp3) is 1.00. The zero-order valence-electron chi connectivity index (χ0n) is 10.4. The minimum Gasteiger partial charge on any atom is -0.298 e. The van der Waals surface area contributed by atoms with Crippen molar-refractivity contribution in [1.29, 1.82) is 0 Å². The maximum Gasteiger partial charge on any atom is 0.0153 e. The lowest BCUT2D eigenvalue weighted by Crippen LogP contribution is -2.37. The Bertz CT molecular complexity index is 124. The van der Waals surface area contributed by atoms with Crippen molar-refractivity contribution in [2.24, 2.45) is 5.92 Å². The summed E-state index contributed by atoms with van der Waals surface area (Å²) in [6.07, 6.45) is 2.77. The minimum atomic E-state index is 0.495. The number of hydrogen-bond donors (Lipinski definition) is 0. The molecule has 0 bridgehead atoms. The van der Waals surface area contributed by atoms with Crippen LogP contribution in [0.2, 0.25) is 0 Å². The molecule has 0 amide bonds. The van der Waals surface area contributed by atoms with Crippen LogP contribution >= 0.6 is 0 Å². The highest BCUT2D eigenvalue weighted by atomic mass is 15.2. The highest BCUT2D eigenvalue weighted by Gasteiger charge is 2.29. The molecular formula is C12H27N. The summed E-state index contributed by atoms with van der Waals surface area (Å²) in [5, 5.41) is 0. The Labute approximate surface area is 84.5 Å². The van der Waals surface area contributed by atoms with Crippen molar-refractivity contribution in [1.82, 2.24) is 4.90 Å². The van der Waals surface area contributed by atoms with Gasteiger partial charge in [-0.2, -0.15) is 0 Å². The quantitative estimate of drug-likeness (QED) is 0.604. The highest BCUT2D eigenvalue weighted by Crippen LogP contribution is 2.26. The van der Waals surface area contributed by atoms with E-state index in [4.69, 9.17) is 0 Å². The molecule has 1 rings (SSSR count). The van der Waals surface area contributed by atoms with E-state index in [-0.39, 0.29) is 0 Å². The molecule has 0 radical (unpaired) electrons. The van der Waals surface area contributed by atoms with Gasteiger partial charge < -0.3 is 0 Å². The lowest BCUT2D eigenvalue weighted by Gasteiger charge is -2.29. The van der Waals surface area contributed by atoms with Crippen LogP contribution in [0.3, 0.4) is 0 Å². The van der Waals surface area contributed by atoms with E-state index in [0.29, 0.717) is 5.54 Å². The maximum absolute atomic E-state index is 2.55. The second kappa shape index (κ2) is 5.64. The third-order valence-corrected chi connectivity index (χ3v) is 2.45. The average molecular weight is 185 g/mol. The van der Waals surface area contributed by atoms with Gasteiger partial charge in [0, 0.05) is 5.54 Å². The summed E-state index contributed by atoms with van der Waals surface area (Å²) >= 11 is 0. The molecule has 0 aromatic carbocycles. The van der Waals surface area contributed by atoms with E-state index in [2.05, 4.69) is 46.4 Å². The van der Waals surface area contributed by atoms with Crippen molar-refractivity contribution in [2.75, 3.05) is 13.1 Å². The molecule has 1 heterocycles. The second-order valence-corrected chi connectivity index (χ2v) is 5.23. The van der Waals surface area contributed by atoms with Gasteiger partial charge in [-0.15, -0.1) is 0 Å².